The monoisotopic (exact) mass is 231 g/mol. The Bertz CT molecular complexity index is 456. The normalized spacial score (nSPS) is 11.2. The van der Waals surface area contributed by atoms with Crippen molar-refractivity contribution in [1.29, 1.82) is 0 Å². The maximum absolute atomic E-state index is 11.5. The smallest absolute Gasteiger partial charge is 0.242 e. The molecular weight excluding hydrogens is 222 g/mol. The van der Waals surface area contributed by atoms with Gasteiger partial charge >= 0.3 is 0 Å². The Labute approximate surface area is 87.4 Å². The molecule has 0 saturated carbocycles. The first-order valence-electron chi connectivity index (χ1n) is 3.67. The standard InChI is InChI=1S/C7H9N3O2S2/c1-9-14(11,12)5-3-2-4-10-6(5)7(8)13/h2-4,9H,1H3,(H2,8,13). The summed E-state index contributed by atoms with van der Waals surface area (Å²) in [6, 6.07) is 2.90. The zero-order chi connectivity index (χ0) is 10.8. The minimum Gasteiger partial charge on any atom is -0.388 e. The first-order valence-corrected chi connectivity index (χ1v) is 5.56. The predicted octanol–water partition coefficient (Wildman–Crippen LogP) is -0.376. The molecule has 0 unspecified atom stereocenters. The third-order valence-electron chi connectivity index (χ3n) is 1.56. The minimum absolute atomic E-state index is 0.00463. The summed E-state index contributed by atoms with van der Waals surface area (Å²) in [5, 5.41) is 0. The van der Waals surface area contributed by atoms with Crippen LogP contribution < -0.4 is 10.5 Å². The first-order chi connectivity index (χ1) is 6.49. The molecule has 0 saturated heterocycles. The second-order valence-electron chi connectivity index (χ2n) is 2.42. The van der Waals surface area contributed by atoms with Gasteiger partial charge in [-0.1, -0.05) is 12.2 Å². The van der Waals surface area contributed by atoms with Crippen LogP contribution in [0.5, 0.6) is 0 Å². The van der Waals surface area contributed by atoms with Gasteiger partial charge in [0.05, 0.1) is 0 Å². The Morgan fingerprint density at radius 2 is 2.29 bits per heavy atom. The molecule has 0 atom stereocenters. The Morgan fingerprint density at radius 3 is 2.79 bits per heavy atom. The van der Waals surface area contributed by atoms with Gasteiger partial charge in [0.15, 0.2) is 0 Å². The second kappa shape index (κ2) is 3.99. The molecule has 0 aliphatic carbocycles. The summed E-state index contributed by atoms with van der Waals surface area (Å²) >= 11 is 4.69. The molecule has 14 heavy (non-hydrogen) atoms. The van der Waals surface area contributed by atoms with Crippen molar-refractivity contribution in [3.8, 4) is 0 Å². The van der Waals surface area contributed by atoms with Crippen molar-refractivity contribution >= 4 is 27.2 Å². The molecule has 0 spiro atoms. The van der Waals surface area contributed by atoms with E-state index < -0.39 is 10.0 Å². The van der Waals surface area contributed by atoms with Crippen LogP contribution in [-0.4, -0.2) is 25.4 Å². The number of rotatable bonds is 3. The van der Waals surface area contributed by atoms with E-state index in [4.69, 9.17) is 5.73 Å². The highest BCUT2D eigenvalue weighted by Gasteiger charge is 2.18. The van der Waals surface area contributed by atoms with E-state index in [-0.39, 0.29) is 15.6 Å². The molecule has 0 amide bonds. The topological polar surface area (TPSA) is 85.1 Å². The summed E-state index contributed by atoms with van der Waals surface area (Å²) in [6.45, 7) is 0. The van der Waals surface area contributed by atoms with E-state index in [2.05, 4.69) is 21.9 Å². The zero-order valence-electron chi connectivity index (χ0n) is 7.39. The van der Waals surface area contributed by atoms with Crippen LogP contribution >= 0.6 is 12.2 Å². The first kappa shape index (κ1) is 11.0. The molecule has 5 nitrogen and oxygen atoms in total. The summed E-state index contributed by atoms with van der Waals surface area (Å²) < 4.78 is 25.1. The van der Waals surface area contributed by atoms with Crippen LogP contribution in [0.4, 0.5) is 0 Å². The third kappa shape index (κ3) is 2.06. The summed E-state index contributed by atoms with van der Waals surface area (Å²) in [5.74, 6) is 0. The largest absolute Gasteiger partial charge is 0.388 e. The molecular formula is C7H9N3O2S2. The lowest BCUT2D eigenvalue weighted by Gasteiger charge is -2.06. The number of thiocarbonyl (C=S) groups is 1. The van der Waals surface area contributed by atoms with Crippen LogP contribution in [0.3, 0.4) is 0 Å². The van der Waals surface area contributed by atoms with E-state index in [1.54, 1.807) is 0 Å². The molecule has 0 radical (unpaired) electrons. The molecule has 1 aromatic rings. The average molecular weight is 231 g/mol. The molecule has 1 rings (SSSR count). The summed E-state index contributed by atoms with van der Waals surface area (Å²) in [7, 11) is -2.24. The minimum atomic E-state index is -3.55. The molecule has 0 aromatic carbocycles. The van der Waals surface area contributed by atoms with Gasteiger partial charge in [-0.2, -0.15) is 0 Å². The highest BCUT2D eigenvalue weighted by Crippen LogP contribution is 2.11. The van der Waals surface area contributed by atoms with Crippen LogP contribution in [0.2, 0.25) is 0 Å². The summed E-state index contributed by atoms with van der Waals surface area (Å²) in [4.78, 5) is 3.76. The molecule has 1 aromatic heterocycles. The van der Waals surface area contributed by atoms with Crippen LogP contribution in [0.15, 0.2) is 23.2 Å². The third-order valence-corrected chi connectivity index (χ3v) is 3.20. The number of nitrogens with zero attached hydrogens (tertiary/aromatic N) is 1. The Balaban J connectivity index is 3.42. The van der Waals surface area contributed by atoms with Gasteiger partial charge in [-0.05, 0) is 19.2 Å². The van der Waals surface area contributed by atoms with Crippen LogP contribution in [-0.2, 0) is 10.0 Å². The fraction of sp³-hybridized carbons (Fsp3) is 0.143. The molecule has 0 aliphatic rings. The average Bonchev–Trinajstić information content (AvgIpc) is 2.18. The highest BCUT2D eigenvalue weighted by molar-refractivity contribution is 7.89. The molecule has 76 valence electrons. The van der Waals surface area contributed by atoms with E-state index >= 15 is 0 Å². The lowest BCUT2D eigenvalue weighted by atomic mass is 10.3. The number of sulfonamides is 1. The number of aromatic nitrogens is 1. The maximum Gasteiger partial charge on any atom is 0.242 e. The number of nitrogens with one attached hydrogen (secondary N) is 1. The van der Waals surface area contributed by atoms with Gasteiger partial charge in [0.25, 0.3) is 0 Å². The Hall–Kier alpha value is -1.05. The van der Waals surface area contributed by atoms with Gasteiger partial charge in [-0.15, -0.1) is 0 Å². The van der Waals surface area contributed by atoms with E-state index in [0.717, 1.165) is 0 Å². The van der Waals surface area contributed by atoms with E-state index in [1.807, 2.05) is 0 Å². The van der Waals surface area contributed by atoms with Crippen LogP contribution in [0.25, 0.3) is 0 Å². The van der Waals surface area contributed by atoms with Crippen molar-refractivity contribution < 1.29 is 8.42 Å². The number of hydrogen-bond donors (Lipinski definition) is 2. The molecule has 0 fully saturated rings. The van der Waals surface area contributed by atoms with Gasteiger partial charge in [-0.3, -0.25) is 4.98 Å². The van der Waals surface area contributed by atoms with Gasteiger partial charge in [0.1, 0.15) is 15.6 Å². The molecule has 3 N–H and O–H groups in total. The van der Waals surface area contributed by atoms with Crippen molar-refractivity contribution in [3.63, 3.8) is 0 Å². The summed E-state index contributed by atoms with van der Waals surface area (Å²) in [5.41, 5.74) is 5.45. The van der Waals surface area contributed by atoms with E-state index in [9.17, 15) is 8.42 Å². The van der Waals surface area contributed by atoms with E-state index in [1.165, 1.54) is 25.4 Å². The van der Waals surface area contributed by atoms with Gasteiger partial charge in [0.2, 0.25) is 10.0 Å². The van der Waals surface area contributed by atoms with Crippen LogP contribution in [0, 0.1) is 0 Å². The Morgan fingerprint density at radius 1 is 1.64 bits per heavy atom. The molecule has 1 heterocycles. The van der Waals surface area contributed by atoms with Crippen molar-refractivity contribution in [2.75, 3.05) is 7.05 Å². The quantitative estimate of drug-likeness (QED) is 0.693. The molecule has 0 bridgehead atoms. The van der Waals surface area contributed by atoms with E-state index in [0.29, 0.717) is 0 Å². The number of nitrogens with two attached hydrogens (primary N) is 1. The van der Waals surface area contributed by atoms with Gasteiger partial charge in [0, 0.05) is 6.20 Å². The van der Waals surface area contributed by atoms with Gasteiger partial charge in [-0.25, -0.2) is 13.1 Å². The van der Waals surface area contributed by atoms with Gasteiger partial charge < -0.3 is 5.73 Å². The fourth-order valence-electron chi connectivity index (χ4n) is 0.902. The lowest BCUT2D eigenvalue weighted by Crippen LogP contribution is -2.24. The predicted molar refractivity (Wildman–Crippen MR) is 56.4 cm³/mol. The van der Waals surface area contributed by atoms with Crippen LogP contribution in [0.1, 0.15) is 5.69 Å². The number of pyridine rings is 1. The SMILES string of the molecule is CNS(=O)(=O)c1cccnc1C(N)=S. The summed E-state index contributed by atoms with van der Waals surface area (Å²) in [6.07, 6.45) is 1.43. The molecule has 7 heteroatoms. The van der Waals surface area contributed by atoms with Crippen molar-refractivity contribution in [3.05, 3.63) is 24.0 Å². The lowest BCUT2D eigenvalue weighted by molar-refractivity contribution is 0.587. The zero-order valence-corrected chi connectivity index (χ0v) is 9.02. The van der Waals surface area contributed by atoms with Crippen molar-refractivity contribution in [1.82, 2.24) is 9.71 Å². The maximum atomic E-state index is 11.5. The van der Waals surface area contributed by atoms with Crippen molar-refractivity contribution in [2.24, 2.45) is 5.73 Å². The molecule has 0 aliphatic heterocycles. The van der Waals surface area contributed by atoms with Crippen molar-refractivity contribution in [2.45, 2.75) is 4.90 Å². The number of hydrogen-bond acceptors (Lipinski definition) is 4. The highest BCUT2D eigenvalue weighted by atomic mass is 32.2. The Kier molecular flexibility index (Phi) is 3.14. The second-order valence-corrected chi connectivity index (χ2v) is 4.72. The fourth-order valence-corrected chi connectivity index (χ4v) is 2.02.